The van der Waals surface area contributed by atoms with E-state index in [1.165, 1.54) is 0 Å². The number of hydrogen-bond donors (Lipinski definition) is 0. The number of likely N-dealkylation sites (N-methyl/N-ethyl adjacent to an activating group) is 1. The summed E-state index contributed by atoms with van der Waals surface area (Å²) in [5, 5.41) is 0. The molecule has 86 valence electrons. The maximum atomic E-state index is 11.0. The Bertz CT molecular complexity index is 401. The van der Waals surface area contributed by atoms with Gasteiger partial charge < -0.3 is 4.90 Å². The molecule has 1 rings (SSSR count). The van der Waals surface area contributed by atoms with E-state index >= 15 is 0 Å². The molecule has 2 nitrogen and oxygen atoms in total. The summed E-state index contributed by atoms with van der Waals surface area (Å²) in [6.07, 6.45) is 0.892. The number of benzene rings is 1. The molecule has 0 radical (unpaired) electrons. The average molecular weight is 282 g/mol. The third-order valence-electron chi connectivity index (χ3n) is 2.30. The molecule has 0 amide bonds. The molecule has 1 aromatic carbocycles. The van der Waals surface area contributed by atoms with Gasteiger partial charge in [0.05, 0.1) is 0 Å². The van der Waals surface area contributed by atoms with Crippen LogP contribution in [0.25, 0.3) is 0 Å². The Morgan fingerprint density at radius 1 is 1.56 bits per heavy atom. The van der Waals surface area contributed by atoms with E-state index in [9.17, 15) is 4.79 Å². The summed E-state index contributed by atoms with van der Waals surface area (Å²) >= 11 is 3.42. The third kappa shape index (κ3) is 3.20. The Hall–Kier alpha value is -1.09. The second kappa shape index (κ2) is 5.85. The van der Waals surface area contributed by atoms with Crippen molar-refractivity contribution in [2.75, 3.05) is 18.0 Å². The fourth-order valence-corrected chi connectivity index (χ4v) is 1.93. The highest BCUT2D eigenvalue weighted by atomic mass is 79.9. The molecule has 0 aliphatic heterocycles. The number of carbonyl (C=O) groups excluding carboxylic acids is 1. The molecule has 16 heavy (non-hydrogen) atoms. The van der Waals surface area contributed by atoms with Crippen LogP contribution in [0.2, 0.25) is 0 Å². The molecule has 0 aliphatic rings. The summed E-state index contributed by atoms with van der Waals surface area (Å²) in [6, 6.07) is 5.67. The lowest BCUT2D eigenvalue weighted by atomic mass is 10.1. The molecular weight excluding hydrogens is 266 g/mol. The first kappa shape index (κ1) is 13.0. The fraction of sp³-hybridized carbons (Fsp3) is 0.308. The molecule has 0 N–H and O–H groups in total. The maximum absolute atomic E-state index is 11.0. The summed E-state index contributed by atoms with van der Waals surface area (Å²) in [6.45, 7) is 9.58. The Kier molecular flexibility index (Phi) is 4.74. The van der Waals surface area contributed by atoms with E-state index in [0.717, 1.165) is 35.1 Å². The lowest BCUT2D eigenvalue weighted by Gasteiger charge is -2.24. The number of anilines is 1. The average Bonchev–Trinajstić information content (AvgIpc) is 2.25. The second-order valence-electron chi connectivity index (χ2n) is 3.79. The number of aldehydes is 1. The second-order valence-corrected chi connectivity index (χ2v) is 4.71. The minimum absolute atomic E-state index is 0.714. The number of carbonyl (C=O) groups is 1. The van der Waals surface area contributed by atoms with Gasteiger partial charge in [0.25, 0.3) is 0 Å². The summed E-state index contributed by atoms with van der Waals surface area (Å²) in [5.74, 6) is 0. The zero-order chi connectivity index (χ0) is 12.1. The monoisotopic (exact) mass is 281 g/mol. The fourth-order valence-electron chi connectivity index (χ4n) is 1.58. The molecule has 0 saturated carbocycles. The van der Waals surface area contributed by atoms with Gasteiger partial charge >= 0.3 is 0 Å². The molecule has 3 heteroatoms. The minimum Gasteiger partial charge on any atom is -0.367 e. The van der Waals surface area contributed by atoms with E-state index in [4.69, 9.17) is 0 Å². The van der Waals surface area contributed by atoms with Gasteiger partial charge in [0.2, 0.25) is 0 Å². The summed E-state index contributed by atoms with van der Waals surface area (Å²) < 4.78 is 0.980. The van der Waals surface area contributed by atoms with Gasteiger partial charge in [-0.15, -0.1) is 0 Å². The van der Waals surface area contributed by atoms with E-state index in [-0.39, 0.29) is 0 Å². The predicted octanol–water partition coefficient (Wildman–Crippen LogP) is 3.66. The van der Waals surface area contributed by atoms with E-state index in [1.54, 1.807) is 0 Å². The normalized spacial score (nSPS) is 9.94. The van der Waals surface area contributed by atoms with Crippen LogP contribution in [0.3, 0.4) is 0 Å². The van der Waals surface area contributed by atoms with E-state index in [1.807, 2.05) is 25.1 Å². The third-order valence-corrected chi connectivity index (χ3v) is 2.80. The lowest BCUT2D eigenvalue weighted by Crippen LogP contribution is -2.25. The van der Waals surface area contributed by atoms with Gasteiger partial charge in [0, 0.05) is 28.8 Å². The largest absolute Gasteiger partial charge is 0.367 e. The van der Waals surface area contributed by atoms with Gasteiger partial charge in [-0.25, -0.2) is 0 Å². The highest BCUT2D eigenvalue weighted by molar-refractivity contribution is 9.10. The number of hydrogen-bond acceptors (Lipinski definition) is 2. The van der Waals surface area contributed by atoms with Gasteiger partial charge in [-0.1, -0.05) is 28.1 Å². The standard InChI is InChI=1S/C13H16BrNO/c1-4-15(8-10(2)3)13-7-12(14)6-5-11(13)9-16/h5-7,9H,2,4,8H2,1,3H3. The maximum Gasteiger partial charge on any atom is 0.152 e. The molecule has 1 aromatic rings. The first-order valence-electron chi connectivity index (χ1n) is 5.22. The Labute approximate surface area is 105 Å². The van der Waals surface area contributed by atoms with E-state index in [2.05, 4.69) is 34.3 Å². The molecule has 0 spiro atoms. The number of rotatable bonds is 5. The van der Waals surface area contributed by atoms with Crippen molar-refractivity contribution in [3.05, 3.63) is 40.4 Å². The van der Waals surface area contributed by atoms with Crippen LogP contribution in [-0.2, 0) is 0 Å². The molecule has 0 bridgehead atoms. The quantitative estimate of drug-likeness (QED) is 0.606. The zero-order valence-corrected chi connectivity index (χ0v) is 11.3. The molecule has 0 unspecified atom stereocenters. The molecule has 0 heterocycles. The van der Waals surface area contributed by atoms with Crippen molar-refractivity contribution < 1.29 is 4.79 Å². The molecule has 0 aromatic heterocycles. The Balaban J connectivity index is 3.11. The first-order chi connectivity index (χ1) is 7.58. The lowest BCUT2D eigenvalue weighted by molar-refractivity contribution is 0.112. The van der Waals surface area contributed by atoms with Gasteiger partial charge in [-0.3, -0.25) is 4.79 Å². The van der Waals surface area contributed by atoms with Crippen LogP contribution in [0, 0.1) is 0 Å². The van der Waals surface area contributed by atoms with Crippen molar-refractivity contribution in [1.29, 1.82) is 0 Å². The first-order valence-corrected chi connectivity index (χ1v) is 6.01. The van der Waals surface area contributed by atoms with Crippen molar-refractivity contribution >= 4 is 27.9 Å². The molecule has 0 atom stereocenters. The van der Waals surface area contributed by atoms with Crippen LogP contribution in [0.1, 0.15) is 24.2 Å². The molecule has 0 saturated heterocycles. The van der Waals surface area contributed by atoms with Crippen LogP contribution in [-0.4, -0.2) is 19.4 Å². The van der Waals surface area contributed by atoms with Crippen LogP contribution >= 0.6 is 15.9 Å². The predicted molar refractivity (Wildman–Crippen MR) is 72.2 cm³/mol. The van der Waals surface area contributed by atoms with Crippen LogP contribution < -0.4 is 4.90 Å². The van der Waals surface area contributed by atoms with Gasteiger partial charge in [0.15, 0.2) is 6.29 Å². The highest BCUT2D eigenvalue weighted by Gasteiger charge is 2.09. The van der Waals surface area contributed by atoms with Crippen LogP contribution in [0.5, 0.6) is 0 Å². The number of halogens is 1. The van der Waals surface area contributed by atoms with Crippen molar-refractivity contribution in [3.63, 3.8) is 0 Å². The van der Waals surface area contributed by atoms with E-state index < -0.39 is 0 Å². The van der Waals surface area contributed by atoms with Crippen molar-refractivity contribution in [1.82, 2.24) is 0 Å². The smallest absolute Gasteiger partial charge is 0.152 e. The van der Waals surface area contributed by atoms with Crippen LogP contribution in [0.15, 0.2) is 34.8 Å². The Morgan fingerprint density at radius 2 is 2.25 bits per heavy atom. The SMILES string of the molecule is C=C(C)CN(CC)c1cc(Br)ccc1C=O. The Morgan fingerprint density at radius 3 is 2.75 bits per heavy atom. The minimum atomic E-state index is 0.714. The molecule has 0 aliphatic carbocycles. The van der Waals surface area contributed by atoms with Gasteiger partial charge in [-0.05, 0) is 32.0 Å². The highest BCUT2D eigenvalue weighted by Crippen LogP contribution is 2.24. The van der Waals surface area contributed by atoms with Gasteiger partial charge in [0.1, 0.15) is 0 Å². The summed E-state index contributed by atoms with van der Waals surface area (Å²) in [4.78, 5) is 13.1. The number of nitrogens with zero attached hydrogens (tertiary/aromatic N) is 1. The summed E-state index contributed by atoms with van der Waals surface area (Å²) in [7, 11) is 0. The van der Waals surface area contributed by atoms with Crippen molar-refractivity contribution in [2.24, 2.45) is 0 Å². The van der Waals surface area contributed by atoms with Crippen molar-refractivity contribution in [3.8, 4) is 0 Å². The molecular formula is C13H16BrNO. The van der Waals surface area contributed by atoms with Gasteiger partial charge in [-0.2, -0.15) is 0 Å². The zero-order valence-electron chi connectivity index (χ0n) is 9.66. The topological polar surface area (TPSA) is 20.3 Å². The summed E-state index contributed by atoms with van der Waals surface area (Å²) in [5.41, 5.74) is 2.75. The van der Waals surface area contributed by atoms with Crippen LogP contribution in [0.4, 0.5) is 5.69 Å². The van der Waals surface area contributed by atoms with E-state index in [0.29, 0.717) is 5.56 Å². The van der Waals surface area contributed by atoms with Crippen molar-refractivity contribution in [2.45, 2.75) is 13.8 Å². The molecule has 0 fully saturated rings.